The van der Waals surface area contributed by atoms with E-state index in [1.807, 2.05) is 0 Å². The first kappa shape index (κ1) is 24.6. The third-order valence-electron chi connectivity index (χ3n) is 6.19. The van der Waals surface area contributed by atoms with Gasteiger partial charge < -0.3 is 10.1 Å². The average Bonchev–Trinajstić information content (AvgIpc) is 3.41. The second-order valence-corrected chi connectivity index (χ2v) is 12.3. The van der Waals surface area contributed by atoms with Crippen molar-refractivity contribution < 1.29 is 26.4 Å². The number of sulfonamides is 2. The molecule has 0 aliphatic carbocycles. The second kappa shape index (κ2) is 10.0. The highest BCUT2D eigenvalue weighted by molar-refractivity contribution is 7.89. The molecule has 0 atom stereocenters. The molecule has 0 aromatic heterocycles. The highest BCUT2D eigenvalue weighted by atomic mass is 32.2. The number of carbonyl (C=O) groups is 1. The number of nitrogens with zero attached hydrogens (tertiary/aromatic N) is 2. The number of carbonyl (C=O) groups excluding carboxylic acids is 1. The topological polar surface area (TPSA) is 113 Å². The van der Waals surface area contributed by atoms with Crippen molar-refractivity contribution >= 4 is 31.6 Å². The van der Waals surface area contributed by atoms with Gasteiger partial charge in [0.1, 0.15) is 5.75 Å². The fourth-order valence-electron chi connectivity index (χ4n) is 4.25. The van der Waals surface area contributed by atoms with Crippen LogP contribution in [0.4, 0.5) is 5.69 Å². The maximum atomic E-state index is 13.0. The number of amides is 1. The average molecular weight is 508 g/mol. The van der Waals surface area contributed by atoms with Gasteiger partial charge in [0.25, 0.3) is 5.91 Å². The Morgan fingerprint density at radius 1 is 0.765 bits per heavy atom. The monoisotopic (exact) mass is 507 g/mol. The van der Waals surface area contributed by atoms with Gasteiger partial charge in [0.05, 0.1) is 22.6 Å². The molecule has 2 saturated heterocycles. The van der Waals surface area contributed by atoms with Gasteiger partial charge in [-0.05, 0) is 68.1 Å². The maximum Gasteiger partial charge on any atom is 0.255 e. The molecule has 34 heavy (non-hydrogen) atoms. The molecule has 2 heterocycles. The molecule has 184 valence electrons. The number of methoxy groups -OCH3 is 1. The first-order chi connectivity index (χ1) is 16.2. The number of rotatable bonds is 7. The van der Waals surface area contributed by atoms with Crippen molar-refractivity contribution in [2.24, 2.45) is 0 Å². The standard InChI is InChI=1S/C23H29N3O6S2/c1-32-22-12-11-20(34(30,31)26-13-3-2-4-14-26)17-21(22)24-23(27)18-7-9-19(10-8-18)33(28,29)25-15-5-6-16-25/h7-12,17H,2-6,13-16H2,1H3,(H,24,27). The molecule has 4 rings (SSSR count). The Bertz CT molecular complexity index is 1250. The fraction of sp³-hybridized carbons (Fsp3) is 0.435. The van der Waals surface area contributed by atoms with E-state index < -0.39 is 26.0 Å². The van der Waals surface area contributed by atoms with Gasteiger partial charge >= 0.3 is 0 Å². The number of hydrogen-bond acceptors (Lipinski definition) is 6. The van der Waals surface area contributed by atoms with Crippen LogP contribution < -0.4 is 10.1 Å². The quantitative estimate of drug-likeness (QED) is 0.617. The lowest BCUT2D eigenvalue weighted by molar-refractivity contribution is 0.102. The summed E-state index contributed by atoms with van der Waals surface area (Å²) in [6.45, 7) is 1.95. The SMILES string of the molecule is COc1ccc(S(=O)(=O)N2CCCCC2)cc1NC(=O)c1ccc(S(=O)(=O)N2CCCC2)cc1. The molecule has 0 unspecified atom stereocenters. The third kappa shape index (κ3) is 4.97. The molecule has 0 spiro atoms. The number of anilines is 1. The van der Waals surface area contributed by atoms with Gasteiger partial charge in [0, 0.05) is 31.7 Å². The highest BCUT2D eigenvalue weighted by Crippen LogP contribution is 2.30. The predicted octanol–water partition coefficient (Wildman–Crippen LogP) is 2.91. The normalized spacial score (nSPS) is 18.0. The van der Waals surface area contributed by atoms with E-state index >= 15 is 0 Å². The van der Waals surface area contributed by atoms with Crippen molar-refractivity contribution in [1.29, 1.82) is 0 Å². The van der Waals surface area contributed by atoms with Crippen LogP contribution >= 0.6 is 0 Å². The van der Waals surface area contributed by atoms with Gasteiger partial charge in [-0.3, -0.25) is 4.79 Å². The van der Waals surface area contributed by atoms with Crippen LogP contribution in [0.3, 0.4) is 0 Å². The van der Waals surface area contributed by atoms with E-state index in [-0.39, 0.29) is 21.0 Å². The van der Waals surface area contributed by atoms with Crippen molar-refractivity contribution in [2.45, 2.75) is 41.9 Å². The summed E-state index contributed by atoms with van der Waals surface area (Å²) in [5.41, 5.74) is 0.464. The minimum atomic E-state index is -3.69. The van der Waals surface area contributed by atoms with Crippen molar-refractivity contribution in [2.75, 3.05) is 38.6 Å². The van der Waals surface area contributed by atoms with Crippen LogP contribution in [0.15, 0.2) is 52.3 Å². The highest BCUT2D eigenvalue weighted by Gasteiger charge is 2.28. The van der Waals surface area contributed by atoms with E-state index in [1.54, 1.807) is 0 Å². The van der Waals surface area contributed by atoms with Crippen LogP contribution in [0.1, 0.15) is 42.5 Å². The van der Waals surface area contributed by atoms with Crippen LogP contribution in [0.25, 0.3) is 0 Å². The summed E-state index contributed by atoms with van der Waals surface area (Å²) in [6.07, 6.45) is 4.33. The smallest absolute Gasteiger partial charge is 0.255 e. The zero-order chi connectivity index (χ0) is 24.3. The first-order valence-corrected chi connectivity index (χ1v) is 14.2. The summed E-state index contributed by atoms with van der Waals surface area (Å²) in [4.78, 5) is 13.1. The second-order valence-electron chi connectivity index (χ2n) is 8.42. The summed E-state index contributed by atoms with van der Waals surface area (Å²) in [5.74, 6) is -0.185. The van der Waals surface area contributed by atoms with Gasteiger partial charge in [0.2, 0.25) is 20.0 Å². The van der Waals surface area contributed by atoms with Gasteiger partial charge in [-0.2, -0.15) is 8.61 Å². The molecule has 11 heteroatoms. The van der Waals surface area contributed by atoms with Crippen molar-refractivity contribution in [1.82, 2.24) is 8.61 Å². The molecule has 2 fully saturated rings. The molecule has 9 nitrogen and oxygen atoms in total. The Hall–Kier alpha value is -2.47. The summed E-state index contributed by atoms with van der Waals surface area (Å²) in [6, 6.07) is 10.1. The molecule has 1 amide bonds. The van der Waals surface area contributed by atoms with Crippen LogP contribution in [0.5, 0.6) is 5.75 Å². The van der Waals surface area contributed by atoms with E-state index in [1.165, 1.54) is 58.2 Å². The molecule has 0 saturated carbocycles. The number of benzene rings is 2. The minimum absolute atomic E-state index is 0.0811. The van der Waals surface area contributed by atoms with Crippen LogP contribution in [-0.2, 0) is 20.0 Å². The lowest BCUT2D eigenvalue weighted by atomic mass is 10.2. The van der Waals surface area contributed by atoms with Gasteiger partial charge in [0.15, 0.2) is 0 Å². The van der Waals surface area contributed by atoms with Gasteiger partial charge in [-0.25, -0.2) is 16.8 Å². The summed E-state index contributed by atoms with van der Waals surface area (Å²) in [7, 11) is -5.83. The molecule has 1 N–H and O–H groups in total. The summed E-state index contributed by atoms with van der Waals surface area (Å²) < 4.78 is 59.7. The Kier molecular flexibility index (Phi) is 7.27. The van der Waals surface area contributed by atoms with Crippen LogP contribution in [0, 0.1) is 0 Å². The minimum Gasteiger partial charge on any atom is -0.495 e. The molecule has 2 aliphatic rings. The lowest BCUT2D eigenvalue weighted by Gasteiger charge is -2.26. The zero-order valence-corrected chi connectivity index (χ0v) is 20.7. The number of hydrogen-bond donors (Lipinski definition) is 1. The molecular formula is C23H29N3O6S2. The summed E-state index contributed by atoms with van der Waals surface area (Å²) in [5, 5.41) is 2.70. The van der Waals surface area contributed by atoms with E-state index in [4.69, 9.17) is 4.74 Å². The van der Waals surface area contributed by atoms with Crippen molar-refractivity contribution in [3.05, 3.63) is 48.0 Å². The fourth-order valence-corrected chi connectivity index (χ4v) is 7.31. The molecule has 0 bridgehead atoms. The number of nitrogens with one attached hydrogen (secondary N) is 1. The molecule has 2 aromatic carbocycles. The lowest BCUT2D eigenvalue weighted by Crippen LogP contribution is -2.35. The Morgan fingerprint density at radius 2 is 1.26 bits per heavy atom. The van der Waals surface area contributed by atoms with Crippen LogP contribution in [-0.4, -0.2) is 64.6 Å². The van der Waals surface area contributed by atoms with Crippen molar-refractivity contribution in [3.8, 4) is 5.75 Å². The van der Waals surface area contributed by atoms with Gasteiger partial charge in [-0.1, -0.05) is 6.42 Å². The molecule has 2 aliphatic heterocycles. The Balaban J connectivity index is 1.55. The first-order valence-electron chi connectivity index (χ1n) is 11.3. The van der Waals surface area contributed by atoms with E-state index in [9.17, 15) is 21.6 Å². The maximum absolute atomic E-state index is 13.0. The largest absolute Gasteiger partial charge is 0.495 e. The molecule has 2 aromatic rings. The predicted molar refractivity (Wildman–Crippen MR) is 128 cm³/mol. The van der Waals surface area contributed by atoms with E-state index in [0.29, 0.717) is 31.9 Å². The summed E-state index contributed by atoms with van der Waals surface area (Å²) >= 11 is 0. The molecule has 0 radical (unpaired) electrons. The zero-order valence-electron chi connectivity index (χ0n) is 19.1. The molecular weight excluding hydrogens is 478 g/mol. The number of piperidine rings is 1. The van der Waals surface area contributed by atoms with Gasteiger partial charge in [-0.15, -0.1) is 0 Å². The van der Waals surface area contributed by atoms with E-state index in [2.05, 4.69) is 5.32 Å². The Labute approximate surface area is 200 Å². The Morgan fingerprint density at radius 3 is 1.82 bits per heavy atom. The van der Waals surface area contributed by atoms with Crippen LogP contribution in [0.2, 0.25) is 0 Å². The third-order valence-corrected chi connectivity index (χ3v) is 10.00. The number of ether oxygens (including phenoxy) is 1. The van der Waals surface area contributed by atoms with E-state index in [0.717, 1.165) is 32.1 Å². The van der Waals surface area contributed by atoms with Crippen molar-refractivity contribution in [3.63, 3.8) is 0 Å².